The summed E-state index contributed by atoms with van der Waals surface area (Å²) in [5.74, 6) is 0.896. The van der Waals surface area contributed by atoms with E-state index in [1.807, 2.05) is 6.92 Å². The SMILES string of the molecule is CCCC[C@@H]1N=C(C)O[C@@H]1CCCC. The van der Waals surface area contributed by atoms with Gasteiger partial charge in [0.2, 0.25) is 0 Å². The predicted octanol–water partition coefficient (Wildman–Crippen LogP) is 3.55. The fraction of sp³-hybridized carbons (Fsp3) is 0.917. The minimum atomic E-state index is 0.376. The molecule has 2 atom stereocenters. The number of hydrogen-bond acceptors (Lipinski definition) is 2. The van der Waals surface area contributed by atoms with Crippen molar-refractivity contribution >= 4 is 5.90 Å². The number of nitrogens with zero attached hydrogens (tertiary/aromatic N) is 1. The summed E-state index contributed by atoms with van der Waals surface area (Å²) in [6.45, 7) is 6.43. The van der Waals surface area contributed by atoms with Crippen molar-refractivity contribution in [2.45, 2.75) is 71.4 Å². The first-order chi connectivity index (χ1) is 6.77. The molecule has 0 radical (unpaired) electrons. The van der Waals surface area contributed by atoms with Gasteiger partial charge in [0.1, 0.15) is 6.10 Å². The maximum Gasteiger partial charge on any atom is 0.180 e. The first-order valence-electron chi connectivity index (χ1n) is 5.99. The fourth-order valence-electron chi connectivity index (χ4n) is 1.97. The minimum Gasteiger partial charge on any atom is -0.476 e. The maximum absolute atomic E-state index is 5.72. The monoisotopic (exact) mass is 197 g/mol. The first kappa shape index (κ1) is 11.5. The van der Waals surface area contributed by atoms with Gasteiger partial charge in [-0.25, -0.2) is 4.99 Å². The van der Waals surface area contributed by atoms with Crippen LogP contribution < -0.4 is 0 Å². The van der Waals surface area contributed by atoms with E-state index in [-0.39, 0.29) is 0 Å². The van der Waals surface area contributed by atoms with Gasteiger partial charge in [0.05, 0.1) is 6.04 Å². The molecule has 0 amide bonds. The van der Waals surface area contributed by atoms with E-state index in [2.05, 4.69) is 18.8 Å². The molecule has 1 aliphatic rings. The van der Waals surface area contributed by atoms with Crippen LogP contribution in [0.25, 0.3) is 0 Å². The van der Waals surface area contributed by atoms with Crippen molar-refractivity contribution in [3.8, 4) is 0 Å². The van der Waals surface area contributed by atoms with Crippen LogP contribution in [0.4, 0.5) is 0 Å². The highest BCUT2D eigenvalue weighted by Crippen LogP contribution is 2.22. The van der Waals surface area contributed by atoms with Crippen LogP contribution in [-0.4, -0.2) is 18.0 Å². The Morgan fingerprint density at radius 2 is 1.79 bits per heavy atom. The number of unbranched alkanes of at least 4 members (excludes halogenated alkanes) is 2. The van der Waals surface area contributed by atoms with Gasteiger partial charge in [-0.3, -0.25) is 0 Å². The number of rotatable bonds is 6. The van der Waals surface area contributed by atoms with Gasteiger partial charge in [0.15, 0.2) is 5.90 Å². The predicted molar refractivity (Wildman–Crippen MR) is 60.8 cm³/mol. The lowest BCUT2D eigenvalue weighted by Gasteiger charge is -2.16. The third-order valence-electron chi connectivity index (χ3n) is 2.79. The van der Waals surface area contributed by atoms with Gasteiger partial charge in [-0.1, -0.05) is 33.1 Å². The molecule has 0 N–H and O–H groups in total. The Morgan fingerprint density at radius 3 is 2.43 bits per heavy atom. The molecule has 2 heteroatoms. The normalized spacial score (nSPS) is 26.1. The second-order valence-corrected chi connectivity index (χ2v) is 4.16. The van der Waals surface area contributed by atoms with Gasteiger partial charge in [-0.15, -0.1) is 0 Å². The summed E-state index contributed by atoms with van der Waals surface area (Å²) in [6, 6.07) is 0.446. The van der Waals surface area contributed by atoms with Crippen LogP contribution in [-0.2, 0) is 4.74 Å². The third-order valence-corrected chi connectivity index (χ3v) is 2.79. The van der Waals surface area contributed by atoms with Gasteiger partial charge in [-0.2, -0.15) is 0 Å². The lowest BCUT2D eigenvalue weighted by molar-refractivity contribution is 0.171. The maximum atomic E-state index is 5.72. The molecule has 2 nitrogen and oxygen atoms in total. The lowest BCUT2D eigenvalue weighted by Crippen LogP contribution is -2.22. The van der Waals surface area contributed by atoms with Crippen LogP contribution in [0.15, 0.2) is 4.99 Å². The molecular weight excluding hydrogens is 174 g/mol. The average molecular weight is 197 g/mol. The standard InChI is InChI=1S/C12H23NO/c1-4-6-8-11-12(9-7-5-2)14-10(3)13-11/h11-12H,4-9H2,1-3H3/t11-,12+/m0/s1. The molecule has 14 heavy (non-hydrogen) atoms. The van der Waals surface area contributed by atoms with E-state index in [0.29, 0.717) is 12.1 Å². The molecule has 0 bridgehead atoms. The van der Waals surface area contributed by atoms with Crippen LogP contribution in [0.5, 0.6) is 0 Å². The van der Waals surface area contributed by atoms with Crippen LogP contribution >= 0.6 is 0 Å². The zero-order chi connectivity index (χ0) is 10.4. The topological polar surface area (TPSA) is 21.6 Å². The Hall–Kier alpha value is -0.530. The first-order valence-corrected chi connectivity index (χ1v) is 5.99. The van der Waals surface area contributed by atoms with Gasteiger partial charge < -0.3 is 4.74 Å². The second kappa shape index (κ2) is 6.05. The Kier molecular flexibility index (Phi) is 4.99. The molecule has 0 aromatic heterocycles. The van der Waals surface area contributed by atoms with E-state index < -0.39 is 0 Å². The van der Waals surface area contributed by atoms with E-state index in [9.17, 15) is 0 Å². The number of hydrogen-bond donors (Lipinski definition) is 0. The fourth-order valence-corrected chi connectivity index (χ4v) is 1.97. The lowest BCUT2D eigenvalue weighted by atomic mass is 10.0. The second-order valence-electron chi connectivity index (χ2n) is 4.16. The van der Waals surface area contributed by atoms with Crippen molar-refractivity contribution in [3.05, 3.63) is 0 Å². The van der Waals surface area contributed by atoms with Crippen LogP contribution in [0.1, 0.15) is 59.3 Å². The quantitative estimate of drug-likeness (QED) is 0.638. The zero-order valence-corrected chi connectivity index (χ0v) is 9.75. The summed E-state index contributed by atoms with van der Waals surface area (Å²) in [5.41, 5.74) is 0. The van der Waals surface area contributed by atoms with Crippen LogP contribution in [0.3, 0.4) is 0 Å². The largest absolute Gasteiger partial charge is 0.476 e. The van der Waals surface area contributed by atoms with Crippen molar-refractivity contribution in [3.63, 3.8) is 0 Å². The minimum absolute atomic E-state index is 0.376. The highest BCUT2D eigenvalue weighted by molar-refractivity contribution is 5.75. The molecule has 0 saturated heterocycles. The molecule has 0 aliphatic carbocycles. The number of aliphatic imine (C=N–C) groups is 1. The zero-order valence-electron chi connectivity index (χ0n) is 9.75. The molecule has 0 spiro atoms. The molecule has 0 aromatic carbocycles. The van der Waals surface area contributed by atoms with E-state index >= 15 is 0 Å². The third kappa shape index (κ3) is 3.32. The summed E-state index contributed by atoms with van der Waals surface area (Å²) in [5, 5.41) is 0. The smallest absolute Gasteiger partial charge is 0.180 e. The van der Waals surface area contributed by atoms with Crippen molar-refractivity contribution in [2.75, 3.05) is 0 Å². The molecule has 0 aromatic rings. The summed E-state index contributed by atoms with van der Waals surface area (Å²) < 4.78 is 5.72. The Balaban J connectivity index is 2.34. The molecule has 1 rings (SSSR count). The van der Waals surface area contributed by atoms with E-state index in [1.165, 1.54) is 38.5 Å². The Bertz CT molecular complexity index is 189. The number of ether oxygens (including phenoxy) is 1. The van der Waals surface area contributed by atoms with Crippen molar-refractivity contribution in [1.29, 1.82) is 0 Å². The van der Waals surface area contributed by atoms with E-state index in [1.54, 1.807) is 0 Å². The molecule has 0 unspecified atom stereocenters. The molecule has 0 saturated carbocycles. The molecule has 1 aliphatic heterocycles. The molecular formula is C12H23NO. The van der Waals surface area contributed by atoms with Crippen molar-refractivity contribution in [1.82, 2.24) is 0 Å². The summed E-state index contributed by atoms with van der Waals surface area (Å²) in [6.07, 6.45) is 7.78. The highest BCUT2D eigenvalue weighted by atomic mass is 16.5. The average Bonchev–Trinajstić information content (AvgIpc) is 2.52. The van der Waals surface area contributed by atoms with Gasteiger partial charge in [0.25, 0.3) is 0 Å². The van der Waals surface area contributed by atoms with E-state index in [0.717, 1.165) is 5.90 Å². The van der Waals surface area contributed by atoms with Gasteiger partial charge in [-0.05, 0) is 19.3 Å². The molecule has 1 heterocycles. The highest BCUT2D eigenvalue weighted by Gasteiger charge is 2.27. The van der Waals surface area contributed by atoms with Crippen molar-refractivity contribution in [2.24, 2.45) is 4.99 Å². The van der Waals surface area contributed by atoms with Gasteiger partial charge >= 0.3 is 0 Å². The Labute approximate surface area is 87.8 Å². The van der Waals surface area contributed by atoms with Crippen LogP contribution in [0, 0.1) is 0 Å². The summed E-state index contributed by atoms with van der Waals surface area (Å²) >= 11 is 0. The van der Waals surface area contributed by atoms with Crippen molar-refractivity contribution < 1.29 is 4.74 Å². The summed E-state index contributed by atoms with van der Waals surface area (Å²) in [7, 11) is 0. The van der Waals surface area contributed by atoms with Gasteiger partial charge in [0, 0.05) is 6.92 Å². The van der Waals surface area contributed by atoms with Crippen LogP contribution in [0.2, 0.25) is 0 Å². The van der Waals surface area contributed by atoms with E-state index in [4.69, 9.17) is 4.74 Å². The summed E-state index contributed by atoms with van der Waals surface area (Å²) in [4.78, 5) is 4.55. The molecule has 0 fully saturated rings. The Morgan fingerprint density at radius 1 is 1.14 bits per heavy atom. The molecule has 82 valence electrons.